The van der Waals surface area contributed by atoms with Crippen LogP contribution in [0.15, 0.2) is 53.1 Å². The summed E-state index contributed by atoms with van der Waals surface area (Å²) < 4.78 is 65.0. The van der Waals surface area contributed by atoms with Crippen LogP contribution in [0.2, 0.25) is 0 Å². The van der Waals surface area contributed by atoms with Crippen LogP contribution in [0.25, 0.3) is 22.6 Å². The molecule has 2 heterocycles. The van der Waals surface area contributed by atoms with E-state index in [-0.39, 0.29) is 46.1 Å². The third-order valence-corrected chi connectivity index (χ3v) is 11.5. The minimum absolute atomic E-state index is 0.128. The first-order valence-corrected chi connectivity index (χ1v) is 14.4. The molecule has 2 aromatic heterocycles. The second-order valence-electron chi connectivity index (χ2n) is 13.3. The Bertz CT molecular complexity index is 1760. The van der Waals surface area contributed by atoms with Gasteiger partial charge in [-0.15, -0.1) is 10.2 Å². The first kappa shape index (κ1) is 24.1. The Balaban J connectivity index is 1.08. The van der Waals surface area contributed by atoms with Gasteiger partial charge >= 0.3 is 6.18 Å². The van der Waals surface area contributed by atoms with Gasteiger partial charge in [-0.1, -0.05) is 50.2 Å². The maximum absolute atomic E-state index is 16.0. The Morgan fingerprint density at radius 1 is 0.854 bits per heavy atom. The molecule has 6 saturated carbocycles. The fraction of sp³-hybridized carbons (Fsp3) is 0.469. The van der Waals surface area contributed by atoms with Crippen molar-refractivity contribution in [3.05, 3.63) is 77.5 Å². The van der Waals surface area contributed by atoms with Gasteiger partial charge in [0.25, 0.3) is 5.89 Å². The van der Waals surface area contributed by atoms with Crippen LogP contribution in [0.4, 0.5) is 17.6 Å². The Kier molecular flexibility index (Phi) is 4.18. The summed E-state index contributed by atoms with van der Waals surface area (Å²) in [6.07, 6.45) is -3.31. The predicted molar refractivity (Wildman–Crippen MR) is 141 cm³/mol. The maximum atomic E-state index is 16.0. The predicted octanol–water partition coefficient (Wildman–Crippen LogP) is 7.40. The number of halogens is 4. The van der Waals surface area contributed by atoms with Crippen molar-refractivity contribution in [2.45, 2.75) is 56.7 Å². The zero-order chi connectivity index (χ0) is 28.4. The summed E-state index contributed by atoms with van der Waals surface area (Å²) in [6, 6.07) is 12.9. The van der Waals surface area contributed by atoms with Crippen molar-refractivity contribution >= 4 is 0 Å². The van der Waals surface area contributed by atoms with Crippen molar-refractivity contribution < 1.29 is 22.0 Å². The van der Waals surface area contributed by atoms with Gasteiger partial charge in [0.15, 0.2) is 5.69 Å². The summed E-state index contributed by atoms with van der Waals surface area (Å²) in [6.45, 7) is 7.96. The number of aromatic nitrogens is 4. The van der Waals surface area contributed by atoms with Crippen LogP contribution in [-0.2, 0) is 17.0 Å². The molecule has 0 amide bonds. The Hall–Kier alpha value is -3.49. The summed E-state index contributed by atoms with van der Waals surface area (Å²) in [7, 11) is 0. The largest absolute Gasteiger partial charge is 0.434 e. The molecular formula is C32H28F4N4O. The van der Waals surface area contributed by atoms with E-state index >= 15 is 4.39 Å². The van der Waals surface area contributed by atoms with E-state index in [1.54, 1.807) is 22.8 Å². The number of imidazole rings is 1. The van der Waals surface area contributed by atoms with Gasteiger partial charge in [-0.25, -0.2) is 9.37 Å². The van der Waals surface area contributed by atoms with Gasteiger partial charge in [-0.3, -0.25) is 0 Å². The molecule has 2 aromatic carbocycles. The fourth-order valence-electron chi connectivity index (χ4n) is 10.4. The number of nitrogens with zero attached hydrogens (tertiary/aromatic N) is 4. The molecule has 6 aliphatic carbocycles. The van der Waals surface area contributed by atoms with Gasteiger partial charge in [0.1, 0.15) is 11.6 Å². The Labute approximate surface area is 234 Å². The van der Waals surface area contributed by atoms with Crippen molar-refractivity contribution in [2.75, 3.05) is 0 Å². The normalized spacial score (nSPS) is 35.0. The van der Waals surface area contributed by atoms with E-state index < -0.39 is 17.7 Å². The van der Waals surface area contributed by atoms with Crippen LogP contribution < -0.4 is 0 Å². The molecule has 4 aromatic rings. The lowest BCUT2D eigenvalue weighted by molar-refractivity contribution is -0.602. The zero-order valence-electron chi connectivity index (χ0n) is 22.9. The number of hydrogen-bond acceptors (Lipinski definition) is 4. The third kappa shape index (κ3) is 2.33. The molecule has 0 saturated heterocycles. The number of alkyl halides is 3. The van der Waals surface area contributed by atoms with Gasteiger partial charge in [0.2, 0.25) is 5.89 Å². The lowest BCUT2D eigenvalue weighted by Gasteiger charge is -3.10. The molecule has 0 N–H and O–H groups in total. The van der Waals surface area contributed by atoms with Crippen LogP contribution >= 0.6 is 0 Å². The minimum atomic E-state index is -4.49. The maximum Gasteiger partial charge on any atom is 0.434 e. The molecule has 4 atom stereocenters. The molecule has 6 aliphatic rings. The second kappa shape index (κ2) is 7.10. The second-order valence-corrected chi connectivity index (χ2v) is 13.3. The highest BCUT2D eigenvalue weighted by molar-refractivity contribution is 5.74. The van der Waals surface area contributed by atoms with Gasteiger partial charge in [-0.05, 0) is 72.5 Å². The molecule has 10 rings (SSSR count). The molecule has 6 fully saturated rings. The van der Waals surface area contributed by atoms with Crippen LogP contribution in [0, 0.1) is 41.3 Å². The zero-order valence-corrected chi connectivity index (χ0v) is 22.9. The molecule has 0 spiro atoms. The molecule has 0 aliphatic heterocycles. The summed E-state index contributed by atoms with van der Waals surface area (Å²) in [5.41, 5.74) is 1.18. The van der Waals surface area contributed by atoms with Crippen LogP contribution in [-0.4, -0.2) is 19.7 Å². The van der Waals surface area contributed by atoms with Gasteiger partial charge in [0, 0.05) is 23.2 Å². The minimum Gasteiger partial charge on any atom is -0.420 e. The highest BCUT2D eigenvalue weighted by atomic mass is 19.4. The molecule has 5 nitrogen and oxygen atoms in total. The smallest absolute Gasteiger partial charge is 0.420 e. The molecule has 0 radical (unpaired) electrons. The first-order valence-electron chi connectivity index (χ1n) is 14.4. The van der Waals surface area contributed by atoms with Gasteiger partial charge < -0.3 is 8.98 Å². The number of hydrogen-bond donors (Lipinski definition) is 0. The average Bonchev–Trinajstić information content (AvgIpc) is 3.62. The first-order chi connectivity index (χ1) is 19.6. The lowest BCUT2D eigenvalue weighted by Crippen LogP contribution is -3.13. The average molecular weight is 561 g/mol. The van der Waals surface area contributed by atoms with E-state index in [1.165, 1.54) is 6.20 Å². The number of rotatable bonds is 6. The Morgan fingerprint density at radius 3 is 2.20 bits per heavy atom. The topological polar surface area (TPSA) is 56.7 Å². The molecular weight excluding hydrogens is 532 g/mol. The van der Waals surface area contributed by atoms with E-state index in [0.717, 1.165) is 11.1 Å². The highest BCUT2D eigenvalue weighted by Crippen LogP contribution is 3.09. The number of benzene rings is 2. The van der Waals surface area contributed by atoms with Crippen LogP contribution in [0.5, 0.6) is 0 Å². The van der Waals surface area contributed by atoms with Crippen molar-refractivity contribution in [3.8, 4) is 22.6 Å². The van der Waals surface area contributed by atoms with Crippen molar-refractivity contribution in [1.29, 1.82) is 0 Å². The standard InChI is InChI=1S/C32H28F4N4O/c1-13(2)15-8-5-6-9-16(15)17-10-7-11-18(24(17)33)27-38-39-29(41-27)31-23-20-22-21(23)26(31)30(22,25(20)31)28-37-19(32(34,35)36)12-40(28)14(3)4/h5-14,20-23,25-26H,1-4H3. The molecule has 41 heavy (non-hydrogen) atoms. The summed E-state index contributed by atoms with van der Waals surface area (Å²) in [5.74, 6) is 3.18. The third-order valence-electron chi connectivity index (χ3n) is 11.5. The summed E-state index contributed by atoms with van der Waals surface area (Å²) in [5, 5.41) is 8.77. The summed E-state index contributed by atoms with van der Waals surface area (Å²) in [4.78, 5) is 4.21. The summed E-state index contributed by atoms with van der Waals surface area (Å²) >= 11 is 0. The Morgan fingerprint density at radius 2 is 1.51 bits per heavy atom. The van der Waals surface area contributed by atoms with E-state index in [1.807, 2.05) is 38.1 Å². The molecule has 0 bridgehead atoms. The molecule has 9 heteroatoms. The van der Waals surface area contributed by atoms with Crippen molar-refractivity contribution in [2.24, 2.45) is 35.5 Å². The van der Waals surface area contributed by atoms with E-state index in [9.17, 15) is 13.2 Å². The SMILES string of the molecule is CC(C)c1ccccc1-c1cccc(-c2nnc(C34C5C6C7C5C3C7(c3nc(C(F)(F)F)cn3C(C)C)C64)o2)c1F. The quantitative estimate of drug-likeness (QED) is 0.231. The van der Waals surface area contributed by atoms with Crippen molar-refractivity contribution in [3.63, 3.8) is 0 Å². The molecule has 4 unspecified atom stereocenters. The van der Waals surface area contributed by atoms with Crippen LogP contribution in [0.3, 0.4) is 0 Å². The van der Waals surface area contributed by atoms with E-state index in [0.29, 0.717) is 41.0 Å². The van der Waals surface area contributed by atoms with Gasteiger partial charge in [-0.2, -0.15) is 13.2 Å². The van der Waals surface area contributed by atoms with E-state index in [2.05, 4.69) is 29.0 Å². The van der Waals surface area contributed by atoms with Crippen molar-refractivity contribution in [1.82, 2.24) is 19.7 Å². The van der Waals surface area contributed by atoms with E-state index in [4.69, 9.17) is 4.42 Å². The van der Waals surface area contributed by atoms with Gasteiger partial charge in [0.05, 0.1) is 11.0 Å². The van der Waals surface area contributed by atoms with Crippen LogP contribution in [0.1, 0.15) is 62.6 Å². The monoisotopic (exact) mass is 560 g/mol. The fourth-order valence-corrected chi connectivity index (χ4v) is 10.4. The lowest BCUT2D eigenvalue weighted by atomic mass is 8.92. The highest BCUT2D eigenvalue weighted by Gasteiger charge is 3.12. The molecule has 210 valence electrons.